The lowest BCUT2D eigenvalue weighted by atomic mass is 10.1. The Labute approximate surface area is 125 Å². The summed E-state index contributed by atoms with van der Waals surface area (Å²) in [5.41, 5.74) is 1.02. The van der Waals surface area contributed by atoms with Crippen molar-refractivity contribution in [1.29, 1.82) is 0 Å². The number of phenols is 1. The Morgan fingerprint density at radius 2 is 2.00 bits per heavy atom. The van der Waals surface area contributed by atoms with E-state index in [1.807, 2.05) is 6.92 Å². The molecule has 0 spiro atoms. The molecule has 0 aliphatic carbocycles. The number of phenolic OH excluding ortho intramolecular Hbond substituents is 1. The molecule has 0 saturated carbocycles. The molecule has 0 radical (unpaired) electrons. The zero-order valence-electron chi connectivity index (χ0n) is 11.0. The van der Waals surface area contributed by atoms with Gasteiger partial charge in [-0.3, -0.25) is 14.9 Å². The summed E-state index contributed by atoms with van der Waals surface area (Å²) in [5.74, 6) is -1.06. The summed E-state index contributed by atoms with van der Waals surface area (Å²) >= 11 is 5.96. The Balaban J connectivity index is 2.22. The Morgan fingerprint density at radius 3 is 2.57 bits per heavy atom. The van der Waals surface area contributed by atoms with Gasteiger partial charge in [-0.25, -0.2) is 0 Å². The molecule has 0 unspecified atom stereocenters. The monoisotopic (exact) mass is 306 g/mol. The van der Waals surface area contributed by atoms with Gasteiger partial charge < -0.3 is 10.4 Å². The molecule has 0 aromatic heterocycles. The van der Waals surface area contributed by atoms with Crippen LogP contribution < -0.4 is 5.32 Å². The first-order valence-corrected chi connectivity index (χ1v) is 6.31. The van der Waals surface area contributed by atoms with Crippen LogP contribution in [0.1, 0.15) is 15.9 Å². The maximum absolute atomic E-state index is 12.0. The minimum atomic E-state index is -0.725. The third-order valence-corrected chi connectivity index (χ3v) is 3.27. The van der Waals surface area contributed by atoms with Gasteiger partial charge in [0.05, 0.1) is 4.92 Å². The molecule has 0 fully saturated rings. The van der Waals surface area contributed by atoms with Crippen LogP contribution in [0.5, 0.6) is 5.75 Å². The van der Waals surface area contributed by atoms with Gasteiger partial charge in [-0.05, 0) is 36.8 Å². The molecule has 1 amide bonds. The number of aromatic hydroxyl groups is 1. The number of nitrogens with one attached hydrogen (secondary N) is 1. The number of amides is 1. The number of aryl methyl sites for hydroxylation is 1. The summed E-state index contributed by atoms with van der Waals surface area (Å²) in [5, 5.41) is 23.2. The zero-order valence-corrected chi connectivity index (χ0v) is 11.7. The third kappa shape index (κ3) is 3.29. The highest BCUT2D eigenvalue weighted by Gasteiger charge is 2.16. The SMILES string of the molecule is Cc1ccc(NC(=O)c2ccc([N+](=O)[O-])c(O)c2)cc1Cl. The van der Waals surface area contributed by atoms with Gasteiger partial charge in [-0.2, -0.15) is 0 Å². The van der Waals surface area contributed by atoms with Crippen molar-refractivity contribution in [2.45, 2.75) is 6.92 Å². The number of nitro benzene ring substituents is 1. The van der Waals surface area contributed by atoms with Gasteiger partial charge in [-0.15, -0.1) is 0 Å². The van der Waals surface area contributed by atoms with Crippen molar-refractivity contribution in [3.63, 3.8) is 0 Å². The molecule has 0 saturated heterocycles. The summed E-state index contributed by atoms with van der Waals surface area (Å²) in [4.78, 5) is 21.9. The first kappa shape index (κ1) is 14.8. The number of nitro groups is 1. The third-order valence-electron chi connectivity index (χ3n) is 2.86. The fourth-order valence-corrected chi connectivity index (χ4v) is 1.87. The van der Waals surface area contributed by atoms with Crippen LogP contribution in [0.4, 0.5) is 11.4 Å². The second kappa shape index (κ2) is 5.80. The summed E-state index contributed by atoms with van der Waals surface area (Å²) in [6.07, 6.45) is 0. The molecule has 7 heteroatoms. The van der Waals surface area contributed by atoms with Gasteiger partial charge >= 0.3 is 5.69 Å². The molecule has 2 rings (SSSR count). The van der Waals surface area contributed by atoms with Gasteiger partial charge in [0.1, 0.15) is 0 Å². The number of anilines is 1. The molecule has 2 aromatic carbocycles. The van der Waals surface area contributed by atoms with E-state index in [0.717, 1.165) is 17.7 Å². The lowest BCUT2D eigenvalue weighted by Crippen LogP contribution is -2.11. The average molecular weight is 307 g/mol. The summed E-state index contributed by atoms with van der Waals surface area (Å²) in [6, 6.07) is 8.42. The van der Waals surface area contributed by atoms with Crippen molar-refractivity contribution in [1.82, 2.24) is 0 Å². The van der Waals surface area contributed by atoms with Gasteiger partial charge in [0.2, 0.25) is 0 Å². The van der Waals surface area contributed by atoms with E-state index in [9.17, 15) is 20.0 Å². The number of benzene rings is 2. The number of hydrogen-bond acceptors (Lipinski definition) is 4. The van der Waals surface area contributed by atoms with Crippen LogP contribution in [0.15, 0.2) is 36.4 Å². The molecular formula is C14H11ClN2O4. The highest BCUT2D eigenvalue weighted by atomic mass is 35.5. The fraction of sp³-hybridized carbons (Fsp3) is 0.0714. The summed E-state index contributed by atoms with van der Waals surface area (Å²) in [6.45, 7) is 1.84. The minimum absolute atomic E-state index is 0.106. The van der Waals surface area contributed by atoms with E-state index in [0.29, 0.717) is 10.7 Å². The van der Waals surface area contributed by atoms with E-state index in [2.05, 4.69) is 5.32 Å². The van der Waals surface area contributed by atoms with Crippen LogP contribution >= 0.6 is 11.6 Å². The van der Waals surface area contributed by atoms with Gasteiger partial charge in [0.15, 0.2) is 5.75 Å². The topological polar surface area (TPSA) is 92.5 Å². The maximum Gasteiger partial charge on any atom is 0.310 e. The molecule has 6 nitrogen and oxygen atoms in total. The van der Waals surface area contributed by atoms with Crippen LogP contribution in [0.2, 0.25) is 5.02 Å². The van der Waals surface area contributed by atoms with Gasteiger partial charge in [0, 0.05) is 22.3 Å². The van der Waals surface area contributed by atoms with E-state index in [-0.39, 0.29) is 5.56 Å². The standard InChI is InChI=1S/C14H11ClN2O4/c1-8-2-4-10(7-11(8)15)16-14(19)9-3-5-12(17(20)21)13(18)6-9/h2-7,18H,1H3,(H,16,19). The molecular weight excluding hydrogens is 296 g/mol. The van der Waals surface area contributed by atoms with Crippen molar-refractivity contribution in [2.75, 3.05) is 5.32 Å². The molecule has 0 aliphatic heterocycles. The Hall–Kier alpha value is -2.60. The fourth-order valence-electron chi connectivity index (χ4n) is 1.69. The van der Waals surface area contributed by atoms with Crippen molar-refractivity contribution in [3.8, 4) is 5.75 Å². The number of hydrogen-bond donors (Lipinski definition) is 2. The molecule has 0 bridgehead atoms. The Bertz CT molecular complexity index is 731. The second-order valence-electron chi connectivity index (χ2n) is 4.38. The highest BCUT2D eigenvalue weighted by molar-refractivity contribution is 6.31. The molecule has 2 aromatic rings. The molecule has 2 N–H and O–H groups in total. The van der Waals surface area contributed by atoms with Gasteiger partial charge in [0.25, 0.3) is 5.91 Å². The number of rotatable bonds is 3. The predicted molar refractivity (Wildman–Crippen MR) is 78.9 cm³/mol. The Morgan fingerprint density at radius 1 is 1.29 bits per heavy atom. The second-order valence-corrected chi connectivity index (χ2v) is 4.79. The van der Waals surface area contributed by atoms with E-state index >= 15 is 0 Å². The number of nitrogens with zero attached hydrogens (tertiary/aromatic N) is 1. The van der Waals surface area contributed by atoms with Crippen molar-refractivity contribution in [3.05, 3.63) is 62.7 Å². The lowest BCUT2D eigenvalue weighted by Gasteiger charge is -2.07. The van der Waals surface area contributed by atoms with Crippen LogP contribution in [-0.2, 0) is 0 Å². The van der Waals surface area contributed by atoms with Crippen LogP contribution in [0.3, 0.4) is 0 Å². The van der Waals surface area contributed by atoms with Crippen LogP contribution in [0.25, 0.3) is 0 Å². The van der Waals surface area contributed by atoms with E-state index in [1.165, 1.54) is 6.07 Å². The zero-order chi connectivity index (χ0) is 15.6. The average Bonchev–Trinajstić information content (AvgIpc) is 2.42. The van der Waals surface area contributed by atoms with E-state index < -0.39 is 22.3 Å². The molecule has 21 heavy (non-hydrogen) atoms. The predicted octanol–water partition coefficient (Wildman–Crippen LogP) is 3.51. The molecule has 0 atom stereocenters. The van der Waals surface area contributed by atoms with Crippen LogP contribution in [-0.4, -0.2) is 15.9 Å². The number of halogens is 1. The lowest BCUT2D eigenvalue weighted by molar-refractivity contribution is -0.385. The van der Waals surface area contributed by atoms with Crippen molar-refractivity contribution in [2.24, 2.45) is 0 Å². The quantitative estimate of drug-likeness (QED) is 0.670. The van der Waals surface area contributed by atoms with Crippen molar-refractivity contribution >= 4 is 28.9 Å². The van der Waals surface area contributed by atoms with Gasteiger partial charge in [-0.1, -0.05) is 17.7 Å². The maximum atomic E-state index is 12.0. The molecule has 0 heterocycles. The first-order valence-electron chi connectivity index (χ1n) is 5.93. The largest absolute Gasteiger partial charge is 0.502 e. The number of carbonyl (C=O) groups is 1. The van der Waals surface area contributed by atoms with E-state index in [4.69, 9.17) is 11.6 Å². The summed E-state index contributed by atoms with van der Waals surface area (Å²) in [7, 11) is 0. The molecule has 0 aliphatic rings. The van der Waals surface area contributed by atoms with Crippen molar-refractivity contribution < 1.29 is 14.8 Å². The summed E-state index contributed by atoms with van der Waals surface area (Å²) < 4.78 is 0. The first-order chi connectivity index (χ1) is 9.88. The minimum Gasteiger partial charge on any atom is -0.502 e. The highest BCUT2D eigenvalue weighted by Crippen LogP contribution is 2.27. The molecule has 108 valence electrons. The smallest absolute Gasteiger partial charge is 0.310 e. The number of carbonyl (C=O) groups excluding carboxylic acids is 1. The Kier molecular flexibility index (Phi) is 4.09. The normalized spacial score (nSPS) is 10.2. The van der Waals surface area contributed by atoms with E-state index in [1.54, 1.807) is 18.2 Å². The van der Waals surface area contributed by atoms with Crippen LogP contribution in [0, 0.1) is 17.0 Å².